The molecular formula is C15H22ClN3O3. The summed E-state index contributed by atoms with van der Waals surface area (Å²) in [4.78, 5) is 16.1. The van der Waals surface area contributed by atoms with Gasteiger partial charge in [0.05, 0.1) is 6.61 Å². The molecule has 0 aromatic heterocycles. The number of nitrogens with one attached hydrogen (secondary N) is 1. The predicted molar refractivity (Wildman–Crippen MR) is 85.2 cm³/mol. The third-order valence-corrected chi connectivity index (χ3v) is 3.78. The molecule has 0 saturated carbocycles. The van der Waals surface area contributed by atoms with Gasteiger partial charge in [-0.05, 0) is 31.2 Å². The molecule has 2 N–H and O–H groups in total. The van der Waals surface area contributed by atoms with Crippen LogP contribution in [-0.4, -0.2) is 66.5 Å². The monoisotopic (exact) mass is 327 g/mol. The fraction of sp³-hybridized carbons (Fsp3) is 0.533. The topological polar surface area (TPSA) is 65.0 Å². The maximum absolute atomic E-state index is 12.2. The number of hydrogen-bond donors (Lipinski definition) is 2. The van der Waals surface area contributed by atoms with Crippen molar-refractivity contribution in [3.63, 3.8) is 0 Å². The number of benzene rings is 1. The van der Waals surface area contributed by atoms with Gasteiger partial charge < -0.3 is 20.1 Å². The lowest BCUT2D eigenvalue weighted by atomic mass is 10.3. The van der Waals surface area contributed by atoms with Gasteiger partial charge in [-0.3, -0.25) is 4.90 Å². The molecule has 0 bridgehead atoms. The Hall–Kier alpha value is -1.50. The zero-order valence-electron chi connectivity index (χ0n) is 12.7. The predicted octanol–water partition coefficient (Wildman–Crippen LogP) is 1.38. The standard InChI is InChI=1S/C15H22ClN3O3/c1-12(22-14-4-2-13(16)3-5-14)17-15(21)19-8-6-18(7-9-19)10-11-20/h2-5,12,20H,6-11H2,1H3,(H,17,21). The van der Waals surface area contributed by atoms with E-state index in [0.717, 1.165) is 13.1 Å². The molecule has 22 heavy (non-hydrogen) atoms. The summed E-state index contributed by atoms with van der Waals surface area (Å²) in [6.07, 6.45) is -0.427. The number of halogens is 1. The number of β-amino-alcohol motifs (C(OH)–C–C–N with tert-alkyl or cyclic N) is 1. The van der Waals surface area contributed by atoms with Gasteiger partial charge >= 0.3 is 6.03 Å². The van der Waals surface area contributed by atoms with E-state index in [9.17, 15) is 4.79 Å². The quantitative estimate of drug-likeness (QED) is 0.802. The average Bonchev–Trinajstić information content (AvgIpc) is 2.50. The highest BCUT2D eigenvalue weighted by molar-refractivity contribution is 6.30. The van der Waals surface area contributed by atoms with Gasteiger partial charge in [0.1, 0.15) is 5.75 Å². The first-order chi connectivity index (χ1) is 10.6. The van der Waals surface area contributed by atoms with Crippen molar-refractivity contribution in [3.05, 3.63) is 29.3 Å². The van der Waals surface area contributed by atoms with Crippen molar-refractivity contribution < 1.29 is 14.6 Å². The summed E-state index contributed by atoms with van der Waals surface area (Å²) in [7, 11) is 0. The van der Waals surface area contributed by atoms with Crippen molar-refractivity contribution in [3.8, 4) is 5.75 Å². The summed E-state index contributed by atoms with van der Waals surface area (Å²) < 4.78 is 5.63. The summed E-state index contributed by atoms with van der Waals surface area (Å²) in [6, 6.07) is 6.87. The van der Waals surface area contributed by atoms with Crippen LogP contribution in [0.1, 0.15) is 6.92 Å². The Morgan fingerprint density at radius 1 is 1.32 bits per heavy atom. The molecule has 1 aliphatic heterocycles. The van der Waals surface area contributed by atoms with Crippen LogP contribution >= 0.6 is 11.6 Å². The van der Waals surface area contributed by atoms with Crippen LogP contribution in [0, 0.1) is 0 Å². The normalized spacial score (nSPS) is 17.1. The highest BCUT2D eigenvalue weighted by atomic mass is 35.5. The van der Waals surface area contributed by atoms with Crippen LogP contribution in [0.2, 0.25) is 5.02 Å². The summed E-state index contributed by atoms with van der Waals surface area (Å²) >= 11 is 5.82. The summed E-state index contributed by atoms with van der Waals surface area (Å²) in [5.74, 6) is 0.657. The van der Waals surface area contributed by atoms with Crippen molar-refractivity contribution in [2.75, 3.05) is 39.3 Å². The molecule has 0 radical (unpaired) electrons. The first-order valence-electron chi connectivity index (χ1n) is 7.39. The lowest BCUT2D eigenvalue weighted by Crippen LogP contribution is -2.54. The Morgan fingerprint density at radius 3 is 2.55 bits per heavy atom. The summed E-state index contributed by atoms with van der Waals surface area (Å²) in [6.45, 7) is 5.46. The molecule has 122 valence electrons. The Balaban J connectivity index is 1.75. The van der Waals surface area contributed by atoms with Crippen LogP contribution < -0.4 is 10.1 Å². The molecule has 1 aromatic carbocycles. The smallest absolute Gasteiger partial charge is 0.320 e. The Kier molecular flexibility index (Phi) is 6.30. The molecule has 1 aromatic rings. The van der Waals surface area contributed by atoms with E-state index in [1.807, 2.05) is 0 Å². The number of urea groups is 1. The largest absolute Gasteiger partial charge is 0.471 e. The zero-order valence-corrected chi connectivity index (χ0v) is 13.4. The SMILES string of the molecule is CC(NC(=O)N1CCN(CCO)CC1)Oc1ccc(Cl)cc1. The van der Waals surface area contributed by atoms with Crippen LogP contribution in [0.15, 0.2) is 24.3 Å². The van der Waals surface area contributed by atoms with E-state index in [1.54, 1.807) is 36.1 Å². The highest BCUT2D eigenvalue weighted by Crippen LogP contribution is 2.16. The van der Waals surface area contributed by atoms with Gasteiger partial charge in [0.2, 0.25) is 0 Å². The van der Waals surface area contributed by atoms with E-state index in [-0.39, 0.29) is 12.6 Å². The minimum Gasteiger partial charge on any atom is -0.471 e. The van der Waals surface area contributed by atoms with E-state index >= 15 is 0 Å². The number of carbonyl (C=O) groups excluding carboxylic acids is 1. The van der Waals surface area contributed by atoms with Crippen molar-refractivity contribution in [1.82, 2.24) is 15.1 Å². The second-order valence-electron chi connectivity index (χ2n) is 5.22. The molecule has 0 aliphatic carbocycles. The minimum absolute atomic E-state index is 0.134. The van der Waals surface area contributed by atoms with E-state index in [4.69, 9.17) is 21.4 Å². The second kappa shape index (κ2) is 8.22. The molecule has 1 aliphatic rings. The van der Waals surface area contributed by atoms with Crippen LogP contribution in [-0.2, 0) is 0 Å². The third kappa shape index (κ3) is 5.05. The number of aliphatic hydroxyl groups is 1. The van der Waals surface area contributed by atoms with Crippen molar-refractivity contribution >= 4 is 17.6 Å². The summed E-state index contributed by atoms with van der Waals surface area (Å²) in [5, 5.41) is 12.4. The van der Waals surface area contributed by atoms with Gasteiger partial charge in [-0.2, -0.15) is 0 Å². The number of aliphatic hydroxyl groups excluding tert-OH is 1. The molecule has 2 rings (SSSR count). The van der Waals surface area contributed by atoms with Crippen molar-refractivity contribution in [2.24, 2.45) is 0 Å². The fourth-order valence-corrected chi connectivity index (χ4v) is 2.45. The van der Waals surface area contributed by atoms with E-state index in [0.29, 0.717) is 30.4 Å². The number of ether oxygens (including phenoxy) is 1. The zero-order chi connectivity index (χ0) is 15.9. The molecule has 1 fully saturated rings. The maximum atomic E-state index is 12.2. The molecule has 1 atom stereocenters. The Labute approximate surface area is 135 Å². The third-order valence-electron chi connectivity index (χ3n) is 3.53. The lowest BCUT2D eigenvalue weighted by Gasteiger charge is -2.34. The Bertz CT molecular complexity index is 475. The molecule has 7 heteroatoms. The van der Waals surface area contributed by atoms with E-state index in [1.165, 1.54) is 0 Å². The number of piperazine rings is 1. The Morgan fingerprint density at radius 2 is 1.95 bits per heavy atom. The van der Waals surface area contributed by atoms with Crippen molar-refractivity contribution in [2.45, 2.75) is 13.2 Å². The molecule has 1 heterocycles. The number of nitrogens with zero attached hydrogens (tertiary/aromatic N) is 2. The second-order valence-corrected chi connectivity index (χ2v) is 5.65. The van der Waals surface area contributed by atoms with Gasteiger partial charge in [0.15, 0.2) is 6.23 Å². The molecule has 6 nitrogen and oxygen atoms in total. The van der Waals surface area contributed by atoms with Crippen molar-refractivity contribution in [1.29, 1.82) is 0 Å². The van der Waals surface area contributed by atoms with Gasteiger partial charge in [-0.1, -0.05) is 11.6 Å². The van der Waals surface area contributed by atoms with E-state index in [2.05, 4.69) is 10.2 Å². The number of hydrogen-bond acceptors (Lipinski definition) is 4. The highest BCUT2D eigenvalue weighted by Gasteiger charge is 2.21. The van der Waals surface area contributed by atoms with Gasteiger partial charge in [-0.25, -0.2) is 4.79 Å². The number of carbonyl (C=O) groups is 1. The maximum Gasteiger partial charge on any atom is 0.320 e. The van der Waals surface area contributed by atoms with Crippen LogP contribution in [0.25, 0.3) is 0 Å². The lowest BCUT2D eigenvalue weighted by molar-refractivity contribution is 0.110. The first kappa shape index (κ1) is 16.9. The fourth-order valence-electron chi connectivity index (χ4n) is 2.33. The average molecular weight is 328 g/mol. The molecule has 0 spiro atoms. The van der Waals surface area contributed by atoms with Gasteiger partial charge in [0, 0.05) is 37.7 Å². The molecular weight excluding hydrogens is 306 g/mol. The van der Waals surface area contributed by atoms with Crippen LogP contribution in [0.5, 0.6) is 5.75 Å². The first-order valence-corrected chi connectivity index (χ1v) is 7.77. The molecule has 1 saturated heterocycles. The number of rotatable bonds is 5. The van der Waals surface area contributed by atoms with Gasteiger partial charge in [0.25, 0.3) is 0 Å². The van der Waals surface area contributed by atoms with Crippen LogP contribution in [0.3, 0.4) is 0 Å². The summed E-state index contributed by atoms with van der Waals surface area (Å²) in [5.41, 5.74) is 0. The van der Waals surface area contributed by atoms with Gasteiger partial charge in [-0.15, -0.1) is 0 Å². The minimum atomic E-state index is -0.427. The molecule has 1 unspecified atom stereocenters. The molecule has 2 amide bonds. The van der Waals surface area contributed by atoms with E-state index < -0.39 is 6.23 Å². The number of amides is 2. The van der Waals surface area contributed by atoms with Crippen LogP contribution in [0.4, 0.5) is 4.79 Å².